The fourth-order valence-corrected chi connectivity index (χ4v) is 2.47. The number of hydrogen-bond donors (Lipinski definition) is 1. The number of anilines is 2. The van der Waals surface area contributed by atoms with Gasteiger partial charge in [0.15, 0.2) is 0 Å². The van der Waals surface area contributed by atoms with Crippen molar-refractivity contribution in [3.05, 3.63) is 24.3 Å². The SMILES string of the molecule is COCCN1CC[C@@H](N(C)c2ccc(N)cc2)C1. The summed E-state index contributed by atoms with van der Waals surface area (Å²) < 4.78 is 5.13. The van der Waals surface area contributed by atoms with Crippen LogP contribution in [-0.2, 0) is 4.74 Å². The molecule has 0 amide bonds. The standard InChI is InChI=1S/C14H23N3O/c1-16(13-5-3-12(15)4-6-13)14-7-8-17(11-14)9-10-18-2/h3-6,14H,7-11,15H2,1-2H3/t14-/m1/s1. The van der Waals surface area contributed by atoms with Crippen LogP contribution in [0, 0.1) is 0 Å². The van der Waals surface area contributed by atoms with Crippen LogP contribution in [0.25, 0.3) is 0 Å². The van der Waals surface area contributed by atoms with E-state index >= 15 is 0 Å². The first-order valence-corrected chi connectivity index (χ1v) is 6.50. The zero-order valence-electron chi connectivity index (χ0n) is 11.3. The average Bonchev–Trinajstić information content (AvgIpc) is 2.85. The third kappa shape index (κ3) is 3.15. The molecule has 1 aromatic carbocycles. The van der Waals surface area contributed by atoms with Gasteiger partial charge < -0.3 is 15.4 Å². The summed E-state index contributed by atoms with van der Waals surface area (Å²) in [4.78, 5) is 4.81. The predicted molar refractivity (Wildman–Crippen MR) is 76.0 cm³/mol. The van der Waals surface area contributed by atoms with Crippen LogP contribution in [0.5, 0.6) is 0 Å². The highest BCUT2D eigenvalue weighted by Gasteiger charge is 2.25. The molecule has 0 unspecified atom stereocenters. The van der Waals surface area contributed by atoms with E-state index in [9.17, 15) is 0 Å². The molecule has 1 aromatic rings. The van der Waals surface area contributed by atoms with E-state index in [0.717, 1.165) is 31.9 Å². The number of likely N-dealkylation sites (tertiary alicyclic amines) is 1. The van der Waals surface area contributed by atoms with Gasteiger partial charge in [-0.15, -0.1) is 0 Å². The molecule has 4 nitrogen and oxygen atoms in total. The number of benzene rings is 1. The molecule has 4 heteroatoms. The summed E-state index contributed by atoms with van der Waals surface area (Å²) in [7, 11) is 3.92. The van der Waals surface area contributed by atoms with Gasteiger partial charge >= 0.3 is 0 Å². The highest BCUT2D eigenvalue weighted by Crippen LogP contribution is 2.22. The van der Waals surface area contributed by atoms with Crippen LogP contribution in [0.3, 0.4) is 0 Å². The maximum Gasteiger partial charge on any atom is 0.0589 e. The second-order valence-electron chi connectivity index (χ2n) is 4.94. The van der Waals surface area contributed by atoms with Gasteiger partial charge in [-0.3, -0.25) is 4.90 Å². The van der Waals surface area contributed by atoms with Crippen LogP contribution in [0.15, 0.2) is 24.3 Å². The number of hydrogen-bond acceptors (Lipinski definition) is 4. The average molecular weight is 249 g/mol. The van der Waals surface area contributed by atoms with Gasteiger partial charge in [0, 0.05) is 51.2 Å². The molecule has 1 atom stereocenters. The first kappa shape index (κ1) is 13.2. The van der Waals surface area contributed by atoms with Crippen molar-refractivity contribution >= 4 is 11.4 Å². The van der Waals surface area contributed by atoms with Crippen LogP contribution < -0.4 is 10.6 Å². The Morgan fingerprint density at radius 2 is 2.11 bits per heavy atom. The minimum Gasteiger partial charge on any atom is -0.399 e. The molecule has 0 spiro atoms. The van der Waals surface area contributed by atoms with E-state index in [1.165, 1.54) is 12.1 Å². The number of methoxy groups -OCH3 is 1. The highest BCUT2D eigenvalue weighted by molar-refractivity contribution is 5.53. The molecule has 1 heterocycles. The van der Waals surface area contributed by atoms with Gasteiger partial charge in [0.1, 0.15) is 0 Å². The smallest absolute Gasteiger partial charge is 0.0589 e. The molecule has 0 saturated carbocycles. The lowest BCUT2D eigenvalue weighted by atomic mass is 10.2. The van der Waals surface area contributed by atoms with Crippen molar-refractivity contribution in [3.63, 3.8) is 0 Å². The molecule has 1 fully saturated rings. The summed E-state index contributed by atoms with van der Waals surface area (Å²) in [5.41, 5.74) is 7.77. The molecule has 0 bridgehead atoms. The lowest BCUT2D eigenvalue weighted by molar-refractivity contribution is 0.160. The topological polar surface area (TPSA) is 41.7 Å². The molecule has 0 aliphatic carbocycles. The first-order chi connectivity index (χ1) is 8.70. The Morgan fingerprint density at radius 3 is 2.78 bits per heavy atom. The van der Waals surface area contributed by atoms with E-state index in [0.29, 0.717) is 6.04 Å². The molecule has 1 aliphatic rings. The number of ether oxygens (including phenoxy) is 1. The van der Waals surface area contributed by atoms with E-state index in [-0.39, 0.29) is 0 Å². The lowest BCUT2D eigenvalue weighted by Crippen LogP contribution is -2.35. The van der Waals surface area contributed by atoms with Crippen LogP contribution in [0.4, 0.5) is 11.4 Å². The largest absolute Gasteiger partial charge is 0.399 e. The van der Waals surface area contributed by atoms with Crippen molar-refractivity contribution in [3.8, 4) is 0 Å². The van der Waals surface area contributed by atoms with Gasteiger partial charge in [0.2, 0.25) is 0 Å². The number of nitrogens with zero attached hydrogens (tertiary/aromatic N) is 2. The van der Waals surface area contributed by atoms with Gasteiger partial charge in [-0.05, 0) is 30.7 Å². The van der Waals surface area contributed by atoms with Crippen molar-refractivity contribution in [2.24, 2.45) is 0 Å². The Balaban J connectivity index is 1.90. The molecule has 100 valence electrons. The number of nitrogens with two attached hydrogens (primary N) is 1. The number of rotatable bonds is 5. The zero-order chi connectivity index (χ0) is 13.0. The van der Waals surface area contributed by atoms with Crippen LogP contribution in [0.1, 0.15) is 6.42 Å². The summed E-state index contributed by atoms with van der Waals surface area (Å²) in [6.45, 7) is 4.12. The molecule has 18 heavy (non-hydrogen) atoms. The Morgan fingerprint density at radius 1 is 1.39 bits per heavy atom. The molecule has 2 N–H and O–H groups in total. The maximum absolute atomic E-state index is 5.72. The van der Waals surface area contributed by atoms with Gasteiger partial charge in [-0.1, -0.05) is 0 Å². The Labute approximate surface area is 109 Å². The van der Waals surface area contributed by atoms with Crippen molar-refractivity contribution in [2.45, 2.75) is 12.5 Å². The minimum absolute atomic E-state index is 0.588. The van der Waals surface area contributed by atoms with E-state index in [1.54, 1.807) is 7.11 Å². The van der Waals surface area contributed by atoms with Gasteiger partial charge in [0.25, 0.3) is 0 Å². The number of nitrogen functional groups attached to an aromatic ring is 1. The van der Waals surface area contributed by atoms with E-state index in [2.05, 4.69) is 29.0 Å². The molecule has 2 rings (SSSR count). The van der Waals surface area contributed by atoms with Gasteiger partial charge in [0.05, 0.1) is 6.61 Å². The van der Waals surface area contributed by atoms with Crippen LogP contribution in [-0.4, -0.2) is 51.3 Å². The van der Waals surface area contributed by atoms with Gasteiger partial charge in [-0.25, -0.2) is 0 Å². The van der Waals surface area contributed by atoms with E-state index < -0.39 is 0 Å². The zero-order valence-corrected chi connectivity index (χ0v) is 11.3. The third-order valence-corrected chi connectivity index (χ3v) is 3.71. The van der Waals surface area contributed by atoms with E-state index in [4.69, 9.17) is 10.5 Å². The molecule has 0 aromatic heterocycles. The van der Waals surface area contributed by atoms with Crippen molar-refractivity contribution in [2.75, 3.05) is 51.0 Å². The van der Waals surface area contributed by atoms with Crippen LogP contribution >= 0.6 is 0 Å². The van der Waals surface area contributed by atoms with E-state index in [1.807, 2.05) is 12.1 Å². The monoisotopic (exact) mass is 249 g/mol. The van der Waals surface area contributed by atoms with Crippen molar-refractivity contribution in [1.82, 2.24) is 4.90 Å². The second kappa shape index (κ2) is 6.07. The Bertz CT molecular complexity index is 366. The summed E-state index contributed by atoms with van der Waals surface area (Å²) in [5, 5.41) is 0. The quantitative estimate of drug-likeness (QED) is 0.802. The normalized spacial score (nSPS) is 20.2. The lowest BCUT2D eigenvalue weighted by Gasteiger charge is -2.27. The summed E-state index contributed by atoms with van der Waals surface area (Å²) in [5.74, 6) is 0. The summed E-state index contributed by atoms with van der Waals surface area (Å²) >= 11 is 0. The van der Waals surface area contributed by atoms with Gasteiger partial charge in [-0.2, -0.15) is 0 Å². The second-order valence-corrected chi connectivity index (χ2v) is 4.94. The number of likely N-dealkylation sites (N-methyl/N-ethyl adjacent to an activating group) is 1. The third-order valence-electron chi connectivity index (χ3n) is 3.71. The minimum atomic E-state index is 0.588. The van der Waals surface area contributed by atoms with Crippen LogP contribution in [0.2, 0.25) is 0 Å². The summed E-state index contributed by atoms with van der Waals surface area (Å²) in [6, 6.07) is 8.69. The fraction of sp³-hybridized carbons (Fsp3) is 0.571. The van der Waals surface area contributed by atoms with Crippen molar-refractivity contribution < 1.29 is 4.74 Å². The predicted octanol–water partition coefficient (Wildman–Crippen LogP) is 1.43. The molecule has 1 saturated heterocycles. The Kier molecular flexibility index (Phi) is 4.44. The molecule has 1 aliphatic heterocycles. The molecular formula is C14H23N3O. The Hall–Kier alpha value is -1.26. The molecule has 0 radical (unpaired) electrons. The fourth-order valence-electron chi connectivity index (χ4n) is 2.47. The van der Waals surface area contributed by atoms with Crippen molar-refractivity contribution in [1.29, 1.82) is 0 Å². The first-order valence-electron chi connectivity index (χ1n) is 6.50. The highest BCUT2D eigenvalue weighted by atomic mass is 16.5. The summed E-state index contributed by atoms with van der Waals surface area (Å²) in [6.07, 6.45) is 1.21. The maximum atomic E-state index is 5.72. The molecular weight excluding hydrogens is 226 g/mol.